The van der Waals surface area contributed by atoms with E-state index in [1.165, 1.54) is 0 Å². The number of rotatable bonds is 4. The van der Waals surface area contributed by atoms with Crippen molar-refractivity contribution in [2.24, 2.45) is 5.73 Å². The molecule has 0 aliphatic heterocycles. The van der Waals surface area contributed by atoms with Crippen molar-refractivity contribution in [3.8, 4) is 11.4 Å². The normalized spacial score (nSPS) is 12.6. The van der Waals surface area contributed by atoms with Crippen LogP contribution < -0.4 is 5.73 Å². The fraction of sp³-hybridized carbons (Fsp3) is 0.300. The summed E-state index contributed by atoms with van der Waals surface area (Å²) in [4.78, 5) is 7.98. The van der Waals surface area contributed by atoms with E-state index in [-0.39, 0.29) is 5.89 Å². The van der Waals surface area contributed by atoms with Crippen molar-refractivity contribution in [2.45, 2.75) is 12.5 Å². The molecule has 2 aromatic heterocycles. The van der Waals surface area contributed by atoms with E-state index in [0.717, 1.165) is 5.56 Å². The summed E-state index contributed by atoms with van der Waals surface area (Å²) in [5, 5.41) is 13.4. The molecule has 84 valence electrons. The van der Waals surface area contributed by atoms with Gasteiger partial charge in [-0.3, -0.25) is 4.98 Å². The van der Waals surface area contributed by atoms with Gasteiger partial charge in [0.15, 0.2) is 0 Å². The summed E-state index contributed by atoms with van der Waals surface area (Å²) in [5.74, 6) is 0.630. The minimum Gasteiger partial charge on any atom is -0.383 e. The summed E-state index contributed by atoms with van der Waals surface area (Å²) in [6.45, 7) is 0.369. The molecule has 16 heavy (non-hydrogen) atoms. The van der Waals surface area contributed by atoms with Crippen LogP contribution >= 0.6 is 0 Å². The second-order valence-corrected chi connectivity index (χ2v) is 3.29. The highest BCUT2D eigenvalue weighted by molar-refractivity contribution is 5.52. The lowest BCUT2D eigenvalue weighted by Gasteiger charge is -2.00. The van der Waals surface area contributed by atoms with E-state index in [1.807, 2.05) is 0 Å². The number of pyridine rings is 1. The Labute approximate surface area is 92.1 Å². The molecular weight excluding hydrogens is 208 g/mol. The van der Waals surface area contributed by atoms with Crippen molar-refractivity contribution < 1.29 is 9.63 Å². The van der Waals surface area contributed by atoms with Crippen LogP contribution in [0.3, 0.4) is 0 Å². The number of aliphatic hydroxyl groups excluding tert-OH is 1. The fourth-order valence-electron chi connectivity index (χ4n) is 1.27. The monoisotopic (exact) mass is 220 g/mol. The molecule has 1 atom stereocenters. The standard InChI is InChI=1S/C10H12N4O2/c11-4-1-8(15)10-13-9(14-16-10)7-2-5-12-6-3-7/h2-3,5-6,8,15H,1,4,11H2. The third-order valence-electron chi connectivity index (χ3n) is 2.11. The van der Waals surface area contributed by atoms with Crippen LogP contribution in [-0.4, -0.2) is 26.8 Å². The van der Waals surface area contributed by atoms with Gasteiger partial charge in [-0.15, -0.1) is 0 Å². The van der Waals surface area contributed by atoms with E-state index in [9.17, 15) is 5.11 Å². The molecule has 6 nitrogen and oxygen atoms in total. The van der Waals surface area contributed by atoms with E-state index >= 15 is 0 Å². The van der Waals surface area contributed by atoms with Crippen molar-refractivity contribution in [3.05, 3.63) is 30.4 Å². The van der Waals surface area contributed by atoms with Gasteiger partial charge in [-0.05, 0) is 25.1 Å². The zero-order valence-corrected chi connectivity index (χ0v) is 8.58. The molecular formula is C10H12N4O2. The maximum Gasteiger partial charge on any atom is 0.255 e. The Morgan fingerprint density at radius 3 is 2.81 bits per heavy atom. The molecule has 0 bridgehead atoms. The second-order valence-electron chi connectivity index (χ2n) is 3.29. The van der Waals surface area contributed by atoms with E-state index in [4.69, 9.17) is 10.3 Å². The average Bonchev–Trinajstić information content (AvgIpc) is 2.80. The largest absolute Gasteiger partial charge is 0.383 e. The number of aromatic nitrogens is 3. The molecule has 0 aliphatic rings. The van der Waals surface area contributed by atoms with Crippen molar-refractivity contribution in [1.82, 2.24) is 15.1 Å². The van der Waals surface area contributed by atoms with Crippen LogP contribution in [0.1, 0.15) is 18.4 Å². The van der Waals surface area contributed by atoms with Crippen molar-refractivity contribution in [3.63, 3.8) is 0 Å². The SMILES string of the molecule is NCCC(O)c1nc(-c2ccncc2)no1. The van der Waals surface area contributed by atoms with Gasteiger partial charge < -0.3 is 15.4 Å². The minimum absolute atomic E-state index is 0.192. The predicted molar refractivity (Wildman–Crippen MR) is 56.2 cm³/mol. The number of nitrogens with zero attached hydrogens (tertiary/aromatic N) is 3. The minimum atomic E-state index is -0.798. The summed E-state index contributed by atoms with van der Waals surface area (Å²) in [7, 11) is 0. The zero-order valence-electron chi connectivity index (χ0n) is 8.58. The topological polar surface area (TPSA) is 98.1 Å². The summed E-state index contributed by atoms with van der Waals surface area (Å²) < 4.78 is 4.95. The number of hydrogen-bond donors (Lipinski definition) is 2. The highest BCUT2D eigenvalue weighted by Gasteiger charge is 2.15. The van der Waals surface area contributed by atoms with Crippen molar-refractivity contribution in [1.29, 1.82) is 0 Å². The van der Waals surface area contributed by atoms with Gasteiger partial charge >= 0.3 is 0 Å². The lowest BCUT2D eigenvalue weighted by molar-refractivity contribution is 0.127. The van der Waals surface area contributed by atoms with E-state index in [0.29, 0.717) is 18.8 Å². The molecule has 1 unspecified atom stereocenters. The molecule has 0 radical (unpaired) electrons. The highest BCUT2D eigenvalue weighted by Crippen LogP contribution is 2.19. The van der Waals surface area contributed by atoms with Crippen LogP contribution in [0.2, 0.25) is 0 Å². The lowest BCUT2D eigenvalue weighted by atomic mass is 10.2. The van der Waals surface area contributed by atoms with Gasteiger partial charge in [0, 0.05) is 18.0 Å². The first-order chi connectivity index (χ1) is 7.81. The Hall–Kier alpha value is -1.79. The van der Waals surface area contributed by atoms with Gasteiger partial charge in [0.25, 0.3) is 5.89 Å². The van der Waals surface area contributed by atoms with Gasteiger partial charge in [0.05, 0.1) is 0 Å². The third-order valence-corrected chi connectivity index (χ3v) is 2.11. The van der Waals surface area contributed by atoms with Gasteiger partial charge in [0.1, 0.15) is 6.10 Å². The van der Waals surface area contributed by atoms with E-state index in [1.54, 1.807) is 24.5 Å². The molecule has 3 N–H and O–H groups in total. The molecule has 0 aliphatic carbocycles. The summed E-state index contributed by atoms with van der Waals surface area (Å²) in [6, 6.07) is 3.54. The van der Waals surface area contributed by atoms with Crippen molar-refractivity contribution in [2.75, 3.05) is 6.54 Å². The summed E-state index contributed by atoms with van der Waals surface area (Å²) in [6.07, 6.45) is 2.88. The molecule has 2 heterocycles. The van der Waals surface area contributed by atoms with Crippen LogP contribution in [0, 0.1) is 0 Å². The van der Waals surface area contributed by atoms with Crippen LogP contribution in [0.15, 0.2) is 29.0 Å². The molecule has 0 spiro atoms. The highest BCUT2D eigenvalue weighted by atomic mass is 16.5. The Morgan fingerprint density at radius 2 is 2.12 bits per heavy atom. The quantitative estimate of drug-likeness (QED) is 0.779. The third kappa shape index (κ3) is 2.23. The zero-order chi connectivity index (χ0) is 11.4. The molecule has 6 heteroatoms. The molecule has 0 amide bonds. The average molecular weight is 220 g/mol. The molecule has 0 saturated carbocycles. The van der Waals surface area contributed by atoms with Gasteiger partial charge in [0.2, 0.25) is 5.82 Å². The van der Waals surface area contributed by atoms with Crippen molar-refractivity contribution >= 4 is 0 Å². The molecule has 0 fully saturated rings. The first-order valence-electron chi connectivity index (χ1n) is 4.93. The summed E-state index contributed by atoms with van der Waals surface area (Å²) >= 11 is 0. The number of aliphatic hydroxyl groups is 1. The van der Waals surface area contributed by atoms with Gasteiger partial charge in [-0.1, -0.05) is 5.16 Å². The number of hydrogen-bond acceptors (Lipinski definition) is 6. The predicted octanol–water partition coefficient (Wildman–Crippen LogP) is 0.514. The first kappa shape index (κ1) is 10.7. The summed E-state index contributed by atoms with van der Waals surface area (Å²) in [5.41, 5.74) is 6.12. The number of nitrogens with two attached hydrogens (primary N) is 1. The Balaban J connectivity index is 2.20. The molecule has 2 rings (SSSR count). The smallest absolute Gasteiger partial charge is 0.255 e. The van der Waals surface area contributed by atoms with Crippen LogP contribution in [0.4, 0.5) is 0 Å². The Morgan fingerprint density at radius 1 is 1.38 bits per heavy atom. The van der Waals surface area contributed by atoms with E-state index < -0.39 is 6.10 Å². The first-order valence-corrected chi connectivity index (χ1v) is 4.93. The maximum absolute atomic E-state index is 9.59. The van der Waals surface area contributed by atoms with Gasteiger partial charge in [-0.25, -0.2) is 0 Å². The van der Waals surface area contributed by atoms with Gasteiger partial charge in [-0.2, -0.15) is 4.98 Å². The fourth-order valence-corrected chi connectivity index (χ4v) is 1.27. The Kier molecular flexibility index (Phi) is 3.23. The maximum atomic E-state index is 9.59. The van der Waals surface area contributed by atoms with Crippen LogP contribution in [0.25, 0.3) is 11.4 Å². The molecule has 2 aromatic rings. The van der Waals surface area contributed by atoms with Crippen LogP contribution in [0.5, 0.6) is 0 Å². The van der Waals surface area contributed by atoms with Crippen LogP contribution in [-0.2, 0) is 0 Å². The molecule has 0 aromatic carbocycles. The lowest BCUT2D eigenvalue weighted by Crippen LogP contribution is -2.06. The van der Waals surface area contributed by atoms with E-state index in [2.05, 4.69) is 15.1 Å². The Bertz CT molecular complexity index is 443. The molecule has 0 saturated heterocycles. The second kappa shape index (κ2) is 4.82.